The second kappa shape index (κ2) is 4.73. The Morgan fingerprint density at radius 3 is 2.78 bits per heavy atom. The van der Waals surface area contributed by atoms with Crippen molar-refractivity contribution in [1.82, 2.24) is 4.98 Å². The SMILES string of the molecule is CCOC1=NS(=O)(=O)N=C1N(C)c1cccnc1. The standard InChI is InChI=1S/C10H12N4O3S/c1-3-17-10-9(12-18(15,16)13-10)14(2)8-5-4-6-11-7-8/h4-7H,3H2,1-2H3. The third-order valence-electron chi connectivity index (χ3n) is 2.22. The molecule has 1 aliphatic rings. The highest BCUT2D eigenvalue weighted by Gasteiger charge is 2.29. The first-order valence-corrected chi connectivity index (χ1v) is 6.65. The Morgan fingerprint density at radius 1 is 1.39 bits per heavy atom. The van der Waals surface area contributed by atoms with E-state index in [9.17, 15) is 8.42 Å². The summed E-state index contributed by atoms with van der Waals surface area (Å²) >= 11 is 0. The lowest BCUT2D eigenvalue weighted by Crippen LogP contribution is -2.33. The van der Waals surface area contributed by atoms with E-state index < -0.39 is 10.2 Å². The van der Waals surface area contributed by atoms with Crippen LogP contribution in [0.15, 0.2) is 33.3 Å². The van der Waals surface area contributed by atoms with E-state index in [0.717, 1.165) is 0 Å². The maximum atomic E-state index is 11.4. The van der Waals surface area contributed by atoms with Gasteiger partial charge in [-0.2, -0.15) is 8.42 Å². The Bertz CT molecular complexity index is 595. The van der Waals surface area contributed by atoms with Crippen LogP contribution in [0.5, 0.6) is 0 Å². The number of rotatable bonds is 2. The Kier molecular flexibility index (Phi) is 3.28. The molecule has 8 heteroatoms. The highest BCUT2D eigenvalue weighted by Crippen LogP contribution is 2.16. The maximum Gasteiger partial charge on any atom is 0.368 e. The van der Waals surface area contributed by atoms with Crippen LogP contribution in [0.1, 0.15) is 6.92 Å². The smallest absolute Gasteiger partial charge is 0.368 e. The summed E-state index contributed by atoms with van der Waals surface area (Å²) in [6.07, 6.45) is 3.22. The molecule has 0 saturated heterocycles. The van der Waals surface area contributed by atoms with E-state index in [1.165, 1.54) is 0 Å². The number of nitrogens with zero attached hydrogens (tertiary/aromatic N) is 4. The summed E-state index contributed by atoms with van der Waals surface area (Å²) in [4.78, 5) is 5.52. The average molecular weight is 268 g/mol. The molecule has 96 valence electrons. The van der Waals surface area contributed by atoms with Gasteiger partial charge in [0.15, 0.2) is 0 Å². The molecule has 0 saturated carbocycles. The summed E-state index contributed by atoms with van der Waals surface area (Å²) in [5.74, 6) is 0.161. The Morgan fingerprint density at radius 2 is 2.17 bits per heavy atom. The number of ether oxygens (including phenoxy) is 1. The third kappa shape index (κ3) is 2.48. The van der Waals surface area contributed by atoms with Crippen molar-refractivity contribution in [3.8, 4) is 0 Å². The molecule has 0 radical (unpaired) electrons. The largest absolute Gasteiger partial charge is 0.475 e. The molecule has 0 fully saturated rings. The molecule has 1 aliphatic heterocycles. The molecule has 18 heavy (non-hydrogen) atoms. The van der Waals surface area contributed by atoms with Gasteiger partial charge in [0.2, 0.25) is 5.84 Å². The van der Waals surface area contributed by atoms with E-state index in [4.69, 9.17) is 4.74 Å². The van der Waals surface area contributed by atoms with Crippen LogP contribution in [0.2, 0.25) is 0 Å². The molecular weight excluding hydrogens is 256 g/mol. The van der Waals surface area contributed by atoms with Crippen LogP contribution in [0.3, 0.4) is 0 Å². The first kappa shape index (κ1) is 12.5. The molecule has 0 N–H and O–H groups in total. The lowest BCUT2D eigenvalue weighted by Gasteiger charge is -2.18. The fourth-order valence-corrected chi connectivity index (χ4v) is 2.22. The van der Waals surface area contributed by atoms with Gasteiger partial charge in [-0.1, -0.05) is 0 Å². The minimum atomic E-state index is -3.83. The van der Waals surface area contributed by atoms with Gasteiger partial charge >= 0.3 is 10.2 Å². The minimum Gasteiger partial charge on any atom is -0.475 e. The van der Waals surface area contributed by atoms with Crippen LogP contribution in [0.25, 0.3) is 0 Å². The third-order valence-corrected chi connectivity index (χ3v) is 3.02. The summed E-state index contributed by atoms with van der Waals surface area (Å²) in [5, 5.41) is 0. The summed E-state index contributed by atoms with van der Waals surface area (Å²) in [5.41, 5.74) is 0.695. The molecule has 1 aromatic heterocycles. The van der Waals surface area contributed by atoms with E-state index in [1.807, 2.05) is 0 Å². The van der Waals surface area contributed by atoms with E-state index in [2.05, 4.69) is 13.8 Å². The number of likely N-dealkylation sites (N-methyl/N-ethyl adjacent to an activating group) is 1. The maximum absolute atomic E-state index is 11.4. The minimum absolute atomic E-state index is 0.00357. The average Bonchev–Trinajstić information content (AvgIpc) is 2.65. The second-order valence-corrected chi connectivity index (χ2v) is 4.72. The molecule has 0 aromatic carbocycles. The van der Waals surface area contributed by atoms with Gasteiger partial charge in [-0.25, -0.2) is 0 Å². The highest BCUT2D eigenvalue weighted by molar-refractivity contribution is 7.89. The Labute approximate surface area is 105 Å². The second-order valence-electron chi connectivity index (χ2n) is 3.46. The van der Waals surface area contributed by atoms with Gasteiger partial charge in [0.05, 0.1) is 18.5 Å². The number of amidine groups is 1. The predicted octanol–water partition coefficient (Wildman–Crippen LogP) is 0.610. The fraction of sp³-hybridized carbons (Fsp3) is 0.300. The molecule has 1 aromatic rings. The Balaban J connectivity index is 2.36. The van der Waals surface area contributed by atoms with Gasteiger partial charge in [-0.05, 0) is 19.1 Å². The molecule has 7 nitrogen and oxygen atoms in total. The van der Waals surface area contributed by atoms with Gasteiger partial charge in [0, 0.05) is 13.2 Å². The molecular formula is C10H12N4O3S. The molecule has 0 aliphatic carbocycles. The van der Waals surface area contributed by atoms with Crippen LogP contribution in [0.4, 0.5) is 5.69 Å². The topological polar surface area (TPSA) is 84.2 Å². The summed E-state index contributed by atoms with van der Waals surface area (Å²) in [6, 6.07) is 3.53. The number of anilines is 1. The van der Waals surface area contributed by atoms with Crippen LogP contribution in [-0.4, -0.2) is 38.8 Å². The van der Waals surface area contributed by atoms with Crippen molar-refractivity contribution in [3.63, 3.8) is 0 Å². The van der Waals surface area contributed by atoms with Crippen molar-refractivity contribution in [2.45, 2.75) is 6.92 Å². The quantitative estimate of drug-likeness (QED) is 0.784. The molecule has 0 unspecified atom stereocenters. The van der Waals surface area contributed by atoms with Gasteiger partial charge in [0.25, 0.3) is 5.90 Å². The van der Waals surface area contributed by atoms with Gasteiger partial charge < -0.3 is 9.64 Å². The van der Waals surface area contributed by atoms with Gasteiger partial charge in [-0.3, -0.25) is 4.98 Å². The number of aromatic nitrogens is 1. The van der Waals surface area contributed by atoms with Gasteiger partial charge in [0.1, 0.15) is 0 Å². The van der Waals surface area contributed by atoms with Crippen LogP contribution in [0, 0.1) is 0 Å². The lowest BCUT2D eigenvalue weighted by atomic mass is 10.3. The van der Waals surface area contributed by atoms with E-state index in [0.29, 0.717) is 12.3 Å². The zero-order chi connectivity index (χ0) is 13.2. The highest BCUT2D eigenvalue weighted by atomic mass is 32.2. The first-order chi connectivity index (χ1) is 8.53. The normalized spacial score (nSPS) is 17.0. The van der Waals surface area contributed by atoms with E-state index in [-0.39, 0.29) is 11.7 Å². The van der Waals surface area contributed by atoms with E-state index >= 15 is 0 Å². The van der Waals surface area contributed by atoms with Crippen molar-refractivity contribution in [2.75, 3.05) is 18.6 Å². The molecule has 2 rings (SSSR count). The molecule has 0 amide bonds. The lowest BCUT2D eigenvalue weighted by molar-refractivity contribution is 0.334. The summed E-state index contributed by atoms with van der Waals surface area (Å²) in [6.45, 7) is 2.06. The van der Waals surface area contributed by atoms with Crippen molar-refractivity contribution >= 4 is 27.6 Å². The van der Waals surface area contributed by atoms with Crippen molar-refractivity contribution < 1.29 is 13.2 Å². The monoisotopic (exact) mass is 268 g/mol. The van der Waals surface area contributed by atoms with Gasteiger partial charge in [-0.15, -0.1) is 8.80 Å². The molecule has 0 atom stereocenters. The zero-order valence-electron chi connectivity index (χ0n) is 9.94. The molecule has 0 bridgehead atoms. The van der Waals surface area contributed by atoms with Crippen LogP contribution in [-0.2, 0) is 14.9 Å². The predicted molar refractivity (Wildman–Crippen MR) is 68.1 cm³/mol. The number of hydrogen-bond donors (Lipinski definition) is 0. The fourth-order valence-electron chi connectivity index (χ4n) is 1.42. The summed E-state index contributed by atoms with van der Waals surface area (Å²) < 4.78 is 34.9. The molecule has 2 heterocycles. The van der Waals surface area contributed by atoms with E-state index in [1.54, 1.807) is 43.4 Å². The number of pyridine rings is 1. The first-order valence-electron chi connectivity index (χ1n) is 5.25. The number of hydrogen-bond acceptors (Lipinski definition) is 5. The van der Waals surface area contributed by atoms with Crippen molar-refractivity contribution in [2.24, 2.45) is 8.80 Å². The van der Waals surface area contributed by atoms with Crippen molar-refractivity contribution in [3.05, 3.63) is 24.5 Å². The van der Waals surface area contributed by atoms with Crippen LogP contribution >= 0.6 is 0 Å². The Hall–Kier alpha value is -1.96. The van der Waals surface area contributed by atoms with Crippen molar-refractivity contribution in [1.29, 1.82) is 0 Å². The molecule has 0 spiro atoms. The van der Waals surface area contributed by atoms with Crippen LogP contribution < -0.4 is 4.90 Å². The summed E-state index contributed by atoms with van der Waals surface area (Å²) in [7, 11) is -2.16. The zero-order valence-corrected chi connectivity index (χ0v) is 10.8.